The van der Waals surface area contributed by atoms with Crippen molar-refractivity contribution in [1.29, 1.82) is 0 Å². The first kappa shape index (κ1) is 19.7. The molecule has 0 aromatic carbocycles. The van der Waals surface area contributed by atoms with Crippen molar-refractivity contribution in [2.45, 2.75) is 52.4 Å². The molecule has 0 unspecified atom stereocenters. The Bertz CT molecular complexity index is 306. The lowest BCUT2D eigenvalue weighted by Crippen LogP contribution is -2.41. The third-order valence-electron chi connectivity index (χ3n) is 3.31. The second kappa shape index (κ2) is 11.4. The van der Waals surface area contributed by atoms with Crippen LogP contribution in [0.25, 0.3) is 0 Å². The van der Waals surface area contributed by atoms with E-state index in [1.54, 1.807) is 7.11 Å². The number of carbonyl (C=O) groups is 2. The van der Waals surface area contributed by atoms with Crippen molar-refractivity contribution in [3.05, 3.63) is 0 Å². The number of carboxylic acids is 1. The average Bonchev–Trinajstić information content (AvgIpc) is 2.42. The Balaban J connectivity index is 3.52. The van der Waals surface area contributed by atoms with Gasteiger partial charge in [0.05, 0.1) is 0 Å². The first-order valence-electron chi connectivity index (χ1n) is 7.60. The van der Waals surface area contributed by atoms with Crippen molar-refractivity contribution in [3.63, 3.8) is 0 Å². The minimum atomic E-state index is -0.747. The van der Waals surface area contributed by atoms with Gasteiger partial charge in [-0.05, 0) is 24.7 Å². The maximum absolute atomic E-state index is 11.6. The summed E-state index contributed by atoms with van der Waals surface area (Å²) in [4.78, 5) is 21.9. The molecule has 124 valence electrons. The molecule has 0 aromatic rings. The summed E-state index contributed by atoms with van der Waals surface area (Å²) in [6.07, 6.45) is 4.53. The third kappa shape index (κ3) is 13.4. The first-order valence-corrected chi connectivity index (χ1v) is 7.60. The predicted octanol–water partition coefficient (Wildman–Crippen LogP) is 2.38. The zero-order valence-corrected chi connectivity index (χ0v) is 13.5. The van der Waals surface area contributed by atoms with Crippen LogP contribution in [0.5, 0.6) is 0 Å². The summed E-state index contributed by atoms with van der Waals surface area (Å²) in [6.45, 7) is 6.11. The molecule has 0 saturated heterocycles. The summed E-state index contributed by atoms with van der Waals surface area (Å²) in [5.74, 6) is -0.747. The molecule has 0 saturated carbocycles. The van der Waals surface area contributed by atoms with Crippen LogP contribution in [0.4, 0.5) is 4.79 Å². The average molecular weight is 302 g/mol. The largest absolute Gasteiger partial charge is 0.481 e. The zero-order chi connectivity index (χ0) is 16.1. The van der Waals surface area contributed by atoms with Crippen LogP contribution in [0.1, 0.15) is 52.4 Å². The SMILES string of the molecule is COCCC(C)(C)CNC(=O)NCCCCCCC(=O)O. The fourth-order valence-electron chi connectivity index (χ4n) is 1.81. The van der Waals surface area contributed by atoms with Crippen LogP contribution in [0.15, 0.2) is 0 Å². The number of hydrogen-bond donors (Lipinski definition) is 3. The Morgan fingerprint density at radius 2 is 1.76 bits per heavy atom. The highest BCUT2D eigenvalue weighted by molar-refractivity contribution is 5.73. The Labute approximate surface area is 127 Å². The van der Waals surface area contributed by atoms with E-state index in [9.17, 15) is 9.59 Å². The van der Waals surface area contributed by atoms with Crippen LogP contribution in [-0.4, -0.2) is 43.9 Å². The number of hydrogen-bond acceptors (Lipinski definition) is 3. The van der Waals surface area contributed by atoms with Gasteiger partial charge in [0.1, 0.15) is 0 Å². The molecule has 0 radical (unpaired) electrons. The van der Waals surface area contributed by atoms with E-state index in [0.717, 1.165) is 25.7 Å². The number of rotatable bonds is 12. The molecule has 0 heterocycles. The molecule has 2 amide bonds. The van der Waals surface area contributed by atoms with E-state index >= 15 is 0 Å². The number of carbonyl (C=O) groups excluding carboxylic acids is 1. The number of ether oxygens (including phenoxy) is 1. The summed E-state index contributed by atoms with van der Waals surface area (Å²) >= 11 is 0. The summed E-state index contributed by atoms with van der Waals surface area (Å²) < 4.78 is 5.05. The fourth-order valence-corrected chi connectivity index (χ4v) is 1.81. The molecule has 0 atom stereocenters. The monoisotopic (exact) mass is 302 g/mol. The molecule has 0 aliphatic rings. The number of methoxy groups -OCH3 is 1. The number of nitrogens with one attached hydrogen (secondary N) is 2. The van der Waals surface area contributed by atoms with Gasteiger partial charge in [0, 0.05) is 33.2 Å². The van der Waals surface area contributed by atoms with Crippen molar-refractivity contribution in [3.8, 4) is 0 Å². The van der Waals surface area contributed by atoms with Gasteiger partial charge in [0.25, 0.3) is 0 Å². The highest BCUT2D eigenvalue weighted by atomic mass is 16.5. The summed E-state index contributed by atoms with van der Waals surface area (Å²) in [6, 6.07) is -0.147. The molecule has 0 aromatic heterocycles. The van der Waals surface area contributed by atoms with Crippen molar-refractivity contribution in [2.75, 3.05) is 26.8 Å². The van der Waals surface area contributed by atoms with Crippen LogP contribution in [0.3, 0.4) is 0 Å². The zero-order valence-electron chi connectivity index (χ0n) is 13.5. The van der Waals surface area contributed by atoms with Crippen molar-refractivity contribution >= 4 is 12.0 Å². The van der Waals surface area contributed by atoms with Gasteiger partial charge in [0.15, 0.2) is 0 Å². The van der Waals surface area contributed by atoms with Gasteiger partial charge >= 0.3 is 12.0 Å². The summed E-state index contributed by atoms with van der Waals surface area (Å²) in [7, 11) is 1.67. The number of aliphatic carboxylic acids is 1. The number of urea groups is 1. The summed E-state index contributed by atoms with van der Waals surface area (Å²) in [5, 5.41) is 14.2. The number of carboxylic acid groups (broad SMARTS) is 1. The molecular weight excluding hydrogens is 272 g/mol. The molecule has 3 N–H and O–H groups in total. The minimum absolute atomic E-state index is 0.0180. The van der Waals surface area contributed by atoms with Gasteiger partial charge < -0.3 is 20.5 Å². The van der Waals surface area contributed by atoms with E-state index < -0.39 is 5.97 Å². The van der Waals surface area contributed by atoms with Crippen molar-refractivity contribution in [2.24, 2.45) is 5.41 Å². The van der Waals surface area contributed by atoms with Gasteiger partial charge in [-0.25, -0.2) is 4.79 Å². The van der Waals surface area contributed by atoms with Crippen LogP contribution in [0, 0.1) is 5.41 Å². The van der Waals surface area contributed by atoms with Gasteiger partial charge in [-0.2, -0.15) is 0 Å². The van der Waals surface area contributed by atoms with Crippen LogP contribution < -0.4 is 10.6 Å². The fraction of sp³-hybridized carbons (Fsp3) is 0.867. The lowest BCUT2D eigenvalue weighted by molar-refractivity contribution is -0.137. The van der Waals surface area contributed by atoms with E-state index in [0.29, 0.717) is 26.1 Å². The van der Waals surface area contributed by atoms with Crippen molar-refractivity contribution in [1.82, 2.24) is 10.6 Å². The Kier molecular flexibility index (Phi) is 10.7. The van der Waals surface area contributed by atoms with Crippen LogP contribution in [0.2, 0.25) is 0 Å². The lowest BCUT2D eigenvalue weighted by atomic mass is 9.90. The minimum Gasteiger partial charge on any atom is -0.481 e. The van der Waals surface area contributed by atoms with E-state index in [4.69, 9.17) is 9.84 Å². The van der Waals surface area contributed by atoms with E-state index in [2.05, 4.69) is 24.5 Å². The molecule has 6 nitrogen and oxygen atoms in total. The van der Waals surface area contributed by atoms with Gasteiger partial charge in [-0.1, -0.05) is 26.7 Å². The molecule has 0 spiro atoms. The van der Waals surface area contributed by atoms with E-state index in [-0.39, 0.29) is 17.9 Å². The maximum Gasteiger partial charge on any atom is 0.314 e. The van der Waals surface area contributed by atoms with E-state index in [1.165, 1.54) is 0 Å². The molecule has 0 aliphatic heterocycles. The van der Waals surface area contributed by atoms with Gasteiger partial charge in [0.2, 0.25) is 0 Å². The number of amides is 2. The third-order valence-corrected chi connectivity index (χ3v) is 3.31. The Morgan fingerprint density at radius 3 is 2.38 bits per heavy atom. The topological polar surface area (TPSA) is 87.7 Å². The predicted molar refractivity (Wildman–Crippen MR) is 82.4 cm³/mol. The van der Waals surface area contributed by atoms with Gasteiger partial charge in [-0.3, -0.25) is 4.79 Å². The van der Waals surface area contributed by atoms with Gasteiger partial charge in [-0.15, -0.1) is 0 Å². The molecule has 0 rings (SSSR count). The highest BCUT2D eigenvalue weighted by Crippen LogP contribution is 2.18. The second-order valence-corrected chi connectivity index (χ2v) is 6.07. The standard InChI is InChI=1S/C15H30N2O4/c1-15(2,9-11-21-3)12-17-14(20)16-10-7-5-4-6-8-13(18)19/h4-12H2,1-3H3,(H,18,19)(H2,16,17,20). The van der Waals surface area contributed by atoms with Crippen molar-refractivity contribution < 1.29 is 19.4 Å². The first-order chi connectivity index (χ1) is 9.87. The van der Waals surface area contributed by atoms with Crippen LogP contribution in [-0.2, 0) is 9.53 Å². The Hall–Kier alpha value is -1.30. The lowest BCUT2D eigenvalue weighted by Gasteiger charge is -2.24. The Morgan fingerprint density at radius 1 is 1.10 bits per heavy atom. The molecule has 0 bridgehead atoms. The van der Waals surface area contributed by atoms with Crippen LogP contribution >= 0.6 is 0 Å². The number of unbranched alkanes of at least 4 members (excludes halogenated alkanes) is 3. The second-order valence-electron chi connectivity index (χ2n) is 6.07. The molecule has 0 fully saturated rings. The maximum atomic E-state index is 11.6. The normalized spacial score (nSPS) is 11.2. The molecule has 21 heavy (non-hydrogen) atoms. The van der Waals surface area contributed by atoms with E-state index in [1.807, 2.05) is 0 Å². The smallest absolute Gasteiger partial charge is 0.314 e. The molecule has 0 aliphatic carbocycles. The molecule has 6 heteroatoms. The summed E-state index contributed by atoms with van der Waals surface area (Å²) in [5.41, 5.74) is 0.0180. The highest BCUT2D eigenvalue weighted by Gasteiger charge is 2.18. The quantitative estimate of drug-likeness (QED) is 0.483. The molecular formula is C15H30N2O4.